The number of amides is 1. The second-order valence-electron chi connectivity index (χ2n) is 6.06. The van der Waals surface area contributed by atoms with E-state index in [-0.39, 0.29) is 12.1 Å². The lowest BCUT2D eigenvalue weighted by Gasteiger charge is -2.27. The number of carbonyl (C=O) groups excluding carboxylic acids is 1. The number of rotatable bonds is 4. The van der Waals surface area contributed by atoms with Gasteiger partial charge in [0, 0.05) is 27.8 Å². The first-order valence-electron chi connectivity index (χ1n) is 8.18. The van der Waals surface area contributed by atoms with Gasteiger partial charge in [0.15, 0.2) is 0 Å². The molecular formula is C21H17BrN2O. The zero-order valence-corrected chi connectivity index (χ0v) is 15.1. The Morgan fingerprint density at radius 3 is 2.32 bits per heavy atom. The van der Waals surface area contributed by atoms with Gasteiger partial charge in [-0.15, -0.1) is 0 Å². The van der Waals surface area contributed by atoms with Crippen molar-refractivity contribution in [3.63, 3.8) is 0 Å². The summed E-state index contributed by atoms with van der Waals surface area (Å²) in [5.41, 5.74) is 3.89. The first-order valence-corrected chi connectivity index (χ1v) is 8.97. The number of halogens is 1. The van der Waals surface area contributed by atoms with Crippen molar-refractivity contribution >= 4 is 27.5 Å². The van der Waals surface area contributed by atoms with Gasteiger partial charge in [-0.2, -0.15) is 0 Å². The van der Waals surface area contributed by atoms with Crippen LogP contribution in [0.25, 0.3) is 0 Å². The van der Waals surface area contributed by atoms with Crippen LogP contribution in [0.4, 0.5) is 5.69 Å². The van der Waals surface area contributed by atoms with Gasteiger partial charge in [0.1, 0.15) is 6.17 Å². The Labute approximate surface area is 155 Å². The number of carbonyl (C=O) groups is 1. The Morgan fingerprint density at radius 2 is 1.56 bits per heavy atom. The van der Waals surface area contributed by atoms with Gasteiger partial charge in [0.2, 0.25) is 0 Å². The average molecular weight is 393 g/mol. The largest absolute Gasteiger partial charge is 0.361 e. The molecule has 0 fully saturated rings. The second kappa shape index (κ2) is 6.73. The molecule has 0 spiro atoms. The molecule has 0 unspecified atom stereocenters. The van der Waals surface area contributed by atoms with Gasteiger partial charge in [0.05, 0.1) is 0 Å². The normalized spacial score (nSPS) is 16.0. The zero-order chi connectivity index (χ0) is 17.2. The molecule has 0 bridgehead atoms. The van der Waals surface area contributed by atoms with Gasteiger partial charge < -0.3 is 10.2 Å². The third-order valence-electron chi connectivity index (χ3n) is 4.40. The summed E-state index contributed by atoms with van der Waals surface area (Å²) in [6.07, 6.45) is -0.176. The molecule has 0 saturated carbocycles. The molecule has 1 aliphatic heterocycles. The third-order valence-corrected chi connectivity index (χ3v) is 4.93. The van der Waals surface area contributed by atoms with Crippen LogP contribution in [0.1, 0.15) is 27.7 Å². The van der Waals surface area contributed by atoms with E-state index >= 15 is 0 Å². The summed E-state index contributed by atoms with van der Waals surface area (Å²) in [4.78, 5) is 14.8. The summed E-state index contributed by atoms with van der Waals surface area (Å²) >= 11 is 3.46. The molecular weight excluding hydrogens is 376 g/mol. The Hall–Kier alpha value is -2.59. The van der Waals surface area contributed by atoms with E-state index in [0.29, 0.717) is 6.54 Å². The highest BCUT2D eigenvalue weighted by molar-refractivity contribution is 9.10. The van der Waals surface area contributed by atoms with E-state index in [4.69, 9.17) is 0 Å². The van der Waals surface area contributed by atoms with Crippen molar-refractivity contribution in [2.45, 2.75) is 12.7 Å². The first kappa shape index (κ1) is 15.9. The maximum Gasteiger partial charge on any atom is 0.256 e. The summed E-state index contributed by atoms with van der Waals surface area (Å²) in [6.45, 7) is 0.572. The number of nitrogens with one attached hydrogen (secondary N) is 1. The Morgan fingerprint density at radius 1 is 0.880 bits per heavy atom. The maximum absolute atomic E-state index is 12.9. The van der Waals surface area contributed by atoms with Crippen LogP contribution in [0.2, 0.25) is 0 Å². The summed E-state index contributed by atoms with van der Waals surface area (Å²) in [7, 11) is 0. The van der Waals surface area contributed by atoms with Crippen LogP contribution in [0.15, 0.2) is 83.3 Å². The minimum Gasteiger partial charge on any atom is -0.361 e. The molecule has 1 amide bonds. The van der Waals surface area contributed by atoms with Crippen molar-refractivity contribution in [1.82, 2.24) is 4.90 Å². The van der Waals surface area contributed by atoms with Crippen molar-refractivity contribution in [1.29, 1.82) is 0 Å². The highest BCUT2D eigenvalue weighted by Gasteiger charge is 2.36. The Bertz CT molecular complexity index is 893. The van der Waals surface area contributed by atoms with Gasteiger partial charge >= 0.3 is 0 Å². The number of benzene rings is 3. The molecule has 124 valence electrons. The van der Waals surface area contributed by atoms with Crippen LogP contribution >= 0.6 is 15.9 Å². The molecule has 4 heteroatoms. The molecule has 4 rings (SSSR count). The fourth-order valence-electron chi connectivity index (χ4n) is 3.17. The second-order valence-corrected chi connectivity index (χ2v) is 6.98. The van der Waals surface area contributed by atoms with E-state index in [1.165, 1.54) is 0 Å². The maximum atomic E-state index is 12.9. The molecule has 3 nitrogen and oxygen atoms in total. The monoisotopic (exact) mass is 392 g/mol. The molecule has 0 aliphatic carbocycles. The van der Waals surface area contributed by atoms with Crippen LogP contribution in [-0.4, -0.2) is 10.8 Å². The Kier molecular flexibility index (Phi) is 4.28. The molecule has 0 aromatic heterocycles. The predicted molar refractivity (Wildman–Crippen MR) is 103 cm³/mol. The molecule has 0 saturated heterocycles. The highest BCUT2D eigenvalue weighted by atomic mass is 79.9. The van der Waals surface area contributed by atoms with Gasteiger partial charge in [-0.25, -0.2) is 0 Å². The number of hydrogen-bond acceptors (Lipinski definition) is 2. The van der Waals surface area contributed by atoms with Crippen molar-refractivity contribution in [2.75, 3.05) is 5.32 Å². The van der Waals surface area contributed by atoms with E-state index < -0.39 is 0 Å². The summed E-state index contributed by atoms with van der Waals surface area (Å²) in [5.74, 6) is 0.0639. The number of nitrogens with zero attached hydrogens (tertiary/aromatic N) is 1. The zero-order valence-electron chi connectivity index (χ0n) is 13.5. The van der Waals surface area contributed by atoms with Crippen LogP contribution < -0.4 is 5.32 Å². The topological polar surface area (TPSA) is 32.3 Å². The highest BCUT2D eigenvalue weighted by Crippen LogP contribution is 2.35. The van der Waals surface area contributed by atoms with Gasteiger partial charge in [0.25, 0.3) is 5.91 Å². The average Bonchev–Trinajstić information content (AvgIpc) is 2.91. The fraction of sp³-hybridized carbons (Fsp3) is 0.0952. The van der Waals surface area contributed by atoms with Crippen LogP contribution in [0.3, 0.4) is 0 Å². The van der Waals surface area contributed by atoms with Gasteiger partial charge in [-0.3, -0.25) is 4.79 Å². The van der Waals surface area contributed by atoms with Crippen LogP contribution in [-0.2, 0) is 6.54 Å². The summed E-state index contributed by atoms with van der Waals surface area (Å²) in [6, 6.07) is 25.9. The molecule has 1 N–H and O–H groups in total. The van der Waals surface area contributed by atoms with Crippen molar-refractivity contribution < 1.29 is 4.79 Å². The standard InChI is InChI=1S/C21H17BrN2O/c22-16-10-12-17(13-11-16)23-20-18-8-4-5-9-19(18)21(25)24(20)14-15-6-2-1-3-7-15/h1-13,20,23H,14H2/t20-/m0/s1. The minimum absolute atomic E-state index is 0.0639. The summed E-state index contributed by atoms with van der Waals surface area (Å²) in [5, 5.41) is 3.51. The van der Waals surface area contributed by atoms with E-state index in [2.05, 4.69) is 21.2 Å². The fourth-order valence-corrected chi connectivity index (χ4v) is 3.44. The van der Waals surface area contributed by atoms with Crippen molar-refractivity contribution in [3.05, 3.63) is 100 Å². The summed E-state index contributed by atoms with van der Waals surface area (Å²) < 4.78 is 1.03. The number of hydrogen-bond donors (Lipinski definition) is 1. The van der Waals surface area contributed by atoms with E-state index in [1.807, 2.05) is 83.8 Å². The third kappa shape index (κ3) is 3.17. The van der Waals surface area contributed by atoms with Crippen LogP contribution in [0, 0.1) is 0 Å². The molecule has 3 aromatic carbocycles. The van der Waals surface area contributed by atoms with Crippen molar-refractivity contribution in [2.24, 2.45) is 0 Å². The quantitative estimate of drug-likeness (QED) is 0.660. The van der Waals surface area contributed by atoms with E-state index in [9.17, 15) is 4.79 Å². The molecule has 1 aliphatic rings. The Balaban J connectivity index is 1.68. The molecule has 1 atom stereocenters. The minimum atomic E-state index is -0.176. The van der Waals surface area contributed by atoms with E-state index in [1.54, 1.807) is 0 Å². The number of anilines is 1. The molecule has 25 heavy (non-hydrogen) atoms. The van der Waals surface area contributed by atoms with Gasteiger partial charge in [-0.1, -0.05) is 64.5 Å². The molecule has 1 heterocycles. The van der Waals surface area contributed by atoms with Gasteiger partial charge in [-0.05, 0) is 35.9 Å². The SMILES string of the molecule is O=C1c2ccccc2[C@@H](Nc2ccc(Br)cc2)N1Cc1ccccc1. The number of fused-ring (bicyclic) bond motifs is 1. The lowest BCUT2D eigenvalue weighted by molar-refractivity contribution is 0.0729. The van der Waals surface area contributed by atoms with Crippen molar-refractivity contribution in [3.8, 4) is 0 Å². The van der Waals surface area contributed by atoms with E-state index in [0.717, 1.165) is 26.9 Å². The predicted octanol–water partition coefficient (Wildman–Crippen LogP) is 5.22. The first-order chi connectivity index (χ1) is 12.2. The lowest BCUT2D eigenvalue weighted by Crippen LogP contribution is -2.31. The molecule has 0 radical (unpaired) electrons. The van der Waals surface area contributed by atoms with Crippen LogP contribution in [0.5, 0.6) is 0 Å². The molecule has 3 aromatic rings. The smallest absolute Gasteiger partial charge is 0.256 e. The lowest BCUT2D eigenvalue weighted by atomic mass is 10.1.